The Balaban J connectivity index is 2.38. The first-order chi connectivity index (χ1) is 9.32. The molecule has 0 aliphatic rings. The molecule has 1 N–H and O–H groups in total. The molecule has 1 aromatic heterocycles. The van der Waals surface area contributed by atoms with Gasteiger partial charge in [-0.05, 0) is 47.5 Å². The van der Waals surface area contributed by atoms with Crippen molar-refractivity contribution in [3.8, 4) is 0 Å². The second-order valence-electron chi connectivity index (χ2n) is 4.75. The van der Waals surface area contributed by atoms with Gasteiger partial charge in [0.05, 0.1) is 21.8 Å². The molecule has 108 valence electrons. The Morgan fingerprint density at radius 3 is 2.55 bits per heavy atom. The highest BCUT2D eigenvalue weighted by Crippen LogP contribution is 2.30. The van der Waals surface area contributed by atoms with Crippen LogP contribution in [0.3, 0.4) is 0 Å². The van der Waals surface area contributed by atoms with Crippen molar-refractivity contribution in [2.45, 2.75) is 26.4 Å². The third-order valence-electron chi connectivity index (χ3n) is 3.47. The fraction of sp³-hybridized carbons (Fsp3) is 0.357. The van der Waals surface area contributed by atoms with Crippen molar-refractivity contribution in [2.24, 2.45) is 7.05 Å². The molecule has 3 nitrogen and oxygen atoms in total. The largest absolute Gasteiger partial charge is 0.388 e. The van der Waals surface area contributed by atoms with Crippen LogP contribution in [0.5, 0.6) is 0 Å². The van der Waals surface area contributed by atoms with Crippen molar-refractivity contribution in [2.75, 3.05) is 0 Å². The molecule has 0 aliphatic carbocycles. The molecule has 0 fully saturated rings. The first kappa shape index (κ1) is 15.1. The number of aromatic nitrogens is 2. The first-order valence-corrected chi connectivity index (χ1v) is 6.92. The Morgan fingerprint density at radius 2 is 2.00 bits per heavy atom. The second-order valence-corrected chi connectivity index (χ2v) is 5.60. The average molecular weight is 345 g/mol. The standard InChI is InChI=1S/C14H15BrF2N2O/c1-7-9(8(2)19(3)18-7)6-12(20)13-11(16)5-4-10(15)14(13)17/h4-5,12,20H,6H2,1-3H3. The van der Waals surface area contributed by atoms with Crippen molar-refractivity contribution in [1.29, 1.82) is 0 Å². The Labute approximate surface area is 124 Å². The molecule has 6 heteroatoms. The van der Waals surface area contributed by atoms with Crippen molar-refractivity contribution < 1.29 is 13.9 Å². The Bertz CT molecular complexity index is 655. The third-order valence-corrected chi connectivity index (χ3v) is 4.08. The zero-order chi connectivity index (χ0) is 15.0. The van der Waals surface area contributed by atoms with Crippen LogP contribution >= 0.6 is 15.9 Å². The number of nitrogens with zero attached hydrogens (tertiary/aromatic N) is 2. The molecule has 0 saturated heterocycles. The minimum absolute atomic E-state index is 0.121. The first-order valence-electron chi connectivity index (χ1n) is 6.13. The van der Waals surface area contributed by atoms with E-state index in [0.29, 0.717) is 0 Å². The summed E-state index contributed by atoms with van der Waals surface area (Å²) >= 11 is 3.00. The number of aryl methyl sites for hydroxylation is 2. The van der Waals surface area contributed by atoms with Crippen LogP contribution in [-0.2, 0) is 13.5 Å². The van der Waals surface area contributed by atoms with Gasteiger partial charge in [0.25, 0.3) is 0 Å². The molecule has 0 radical (unpaired) electrons. The highest BCUT2D eigenvalue weighted by Gasteiger charge is 2.23. The summed E-state index contributed by atoms with van der Waals surface area (Å²) in [6, 6.07) is 2.41. The number of hydrogen-bond donors (Lipinski definition) is 1. The Kier molecular flexibility index (Phi) is 4.25. The third kappa shape index (κ3) is 2.62. The summed E-state index contributed by atoms with van der Waals surface area (Å²) in [5.41, 5.74) is 2.11. The van der Waals surface area contributed by atoms with Crippen LogP contribution in [0.2, 0.25) is 0 Å². The summed E-state index contributed by atoms with van der Waals surface area (Å²) in [6.07, 6.45) is -1.13. The van der Waals surface area contributed by atoms with Crippen LogP contribution in [0.1, 0.15) is 28.6 Å². The molecule has 0 aliphatic heterocycles. The van der Waals surface area contributed by atoms with Gasteiger partial charge in [-0.25, -0.2) is 8.78 Å². The lowest BCUT2D eigenvalue weighted by atomic mass is 9.99. The van der Waals surface area contributed by atoms with E-state index < -0.39 is 17.7 Å². The van der Waals surface area contributed by atoms with Crippen LogP contribution in [0, 0.1) is 25.5 Å². The smallest absolute Gasteiger partial charge is 0.146 e. The maximum atomic E-state index is 14.0. The number of hydrogen-bond acceptors (Lipinski definition) is 2. The lowest BCUT2D eigenvalue weighted by molar-refractivity contribution is 0.167. The summed E-state index contributed by atoms with van der Waals surface area (Å²) < 4.78 is 29.5. The number of aliphatic hydroxyl groups is 1. The molecule has 0 saturated carbocycles. The highest BCUT2D eigenvalue weighted by atomic mass is 79.9. The minimum Gasteiger partial charge on any atom is -0.388 e. The molecule has 0 bridgehead atoms. The molecule has 0 spiro atoms. The summed E-state index contributed by atoms with van der Waals surface area (Å²) in [4.78, 5) is 0. The van der Waals surface area contributed by atoms with Gasteiger partial charge >= 0.3 is 0 Å². The van der Waals surface area contributed by atoms with E-state index >= 15 is 0 Å². The SMILES string of the molecule is Cc1nn(C)c(C)c1CC(O)c1c(F)ccc(Br)c1F. The molecule has 1 unspecified atom stereocenters. The van der Waals surface area contributed by atoms with Crippen molar-refractivity contribution in [3.05, 3.63) is 50.8 Å². The summed E-state index contributed by atoms with van der Waals surface area (Å²) in [6.45, 7) is 3.67. The molecule has 1 heterocycles. The maximum Gasteiger partial charge on any atom is 0.146 e. The van der Waals surface area contributed by atoms with Gasteiger partial charge < -0.3 is 5.11 Å². The second kappa shape index (κ2) is 5.61. The van der Waals surface area contributed by atoms with E-state index in [9.17, 15) is 13.9 Å². The summed E-state index contributed by atoms with van der Waals surface area (Å²) in [5, 5.41) is 14.4. The quantitative estimate of drug-likeness (QED) is 0.867. The zero-order valence-electron chi connectivity index (χ0n) is 11.4. The molecule has 1 atom stereocenters. The Morgan fingerprint density at radius 1 is 1.35 bits per heavy atom. The van der Waals surface area contributed by atoms with E-state index in [1.165, 1.54) is 6.07 Å². The van der Waals surface area contributed by atoms with Gasteiger partial charge in [0.2, 0.25) is 0 Å². The highest BCUT2D eigenvalue weighted by molar-refractivity contribution is 9.10. The van der Waals surface area contributed by atoms with Gasteiger partial charge in [-0.1, -0.05) is 0 Å². The predicted octanol–water partition coefficient (Wildman–Crippen LogP) is 3.35. The van der Waals surface area contributed by atoms with Crippen LogP contribution in [0.4, 0.5) is 8.78 Å². The van der Waals surface area contributed by atoms with Gasteiger partial charge in [-0.3, -0.25) is 4.68 Å². The molecule has 1 aromatic carbocycles. The van der Waals surface area contributed by atoms with Crippen LogP contribution in [0.15, 0.2) is 16.6 Å². The lowest BCUT2D eigenvalue weighted by Crippen LogP contribution is -2.09. The number of aliphatic hydroxyl groups excluding tert-OH is 1. The fourth-order valence-electron chi connectivity index (χ4n) is 2.26. The fourth-order valence-corrected chi connectivity index (χ4v) is 2.60. The van der Waals surface area contributed by atoms with Crippen molar-refractivity contribution in [3.63, 3.8) is 0 Å². The topological polar surface area (TPSA) is 38.0 Å². The van der Waals surface area contributed by atoms with Crippen LogP contribution in [-0.4, -0.2) is 14.9 Å². The maximum absolute atomic E-state index is 14.0. The molecular formula is C14H15BrF2N2O. The lowest BCUT2D eigenvalue weighted by Gasteiger charge is -2.14. The van der Waals surface area contributed by atoms with Gasteiger partial charge in [0.1, 0.15) is 11.6 Å². The van der Waals surface area contributed by atoms with Crippen molar-refractivity contribution in [1.82, 2.24) is 9.78 Å². The summed E-state index contributed by atoms with van der Waals surface area (Å²) in [7, 11) is 1.79. The van der Waals surface area contributed by atoms with E-state index in [4.69, 9.17) is 0 Å². The average Bonchev–Trinajstić information content (AvgIpc) is 2.61. The molecule has 20 heavy (non-hydrogen) atoms. The van der Waals surface area contributed by atoms with E-state index in [-0.39, 0.29) is 16.5 Å². The van der Waals surface area contributed by atoms with E-state index in [1.807, 2.05) is 13.8 Å². The zero-order valence-corrected chi connectivity index (χ0v) is 13.0. The van der Waals surface area contributed by atoms with Crippen molar-refractivity contribution >= 4 is 15.9 Å². The molecule has 2 rings (SSSR count). The number of rotatable bonds is 3. The molecule has 0 amide bonds. The van der Waals surface area contributed by atoms with Gasteiger partial charge in [0.15, 0.2) is 0 Å². The molecular weight excluding hydrogens is 330 g/mol. The van der Waals surface area contributed by atoms with Gasteiger partial charge in [-0.15, -0.1) is 0 Å². The normalized spacial score (nSPS) is 12.8. The molecule has 2 aromatic rings. The predicted molar refractivity (Wildman–Crippen MR) is 75.4 cm³/mol. The number of benzene rings is 1. The van der Waals surface area contributed by atoms with E-state index in [1.54, 1.807) is 11.7 Å². The summed E-state index contributed by atoms with van der Waals surface area (Å²) in [5.74, 6) is -1.52. The van der Waals surface area contributed by atoms with Gasteiger partial charge in [-0.2, -0.15) is 5.10 Å². The van der Waals surface area contributed by atoms with E-state index in [0.717, 1.165) is 23.0 Å². The number of halogens is 3. The van der Waals surface area contributed by atoms with Gasteiger partial charge in [0, 0.05) is 19.2 Å². The monoisotopic (exact) mass is 344 g/mol. The minimum atomic E-state index is -1.26. The van der Waals surface area contributed by atoms with Crippen LogP contribution in [0.25, 0.3) is 0 Å². The van der Waals surface area contributed by atoms with E-state index in [2.05, 4.69) is 21.0 Å². The van der Waals surface area contributed by atoms with Crippen LogP contribution < -0.4 is 0 Å². The Hall–Kier alpha value is -1.27.